The van der Waals surface area contributed by atoms with Crippen molar-refractivity contribution >= 4 is 0 Å². The molecular formula is C15H20N2O. The van der Waals surface area contributed by atoms with Crippen LogP contribution in [0.3, 0.4) is 0 Å². The first-order valence-corrected chi connectivity index (χ1v) is 6.46. The molecule has 0 aromatic heterocycles. The highest BCUT2D eigenvalue weighted by Gasteiger charge is 2.16. The van der Waals surface area contributed by atoms with Gasteiger partial charge in [-0.25, -0.2) is 0 Å². The highest BCUT2D eigenvalue weighted by Crippen LogP contribution is 2.14. The largest absolute Gasteiger partial charge is 0.393 e. The summed E-state index contributed by atoms with van der Waals surface area (Å²) < 4.78 is 0. The van der Waals surface area contributed by atoms with E-state index in [0.29, 0.717) is 6.54 Å². The average molecular weight is 244 g/mol. The van der Waals surface area contributed by atoms with Crippen molar-refractivity contribution in [3.8, 4) is 11.8 Å². The molecule has 0 saturated carbocycles. The fourth-order valence-corrected chi connectivity index (χ4v) is 2.18. The second-order valence-electron chi connectivity index (χ2n) is 4.71. The predicted octanol–water partition coefficient (Wildman–Crippen LogP) is 0.953. The van der Waals surface area contributed by atoms with Gasteiger partial charge in [-0.2, -0.15) is 0 Å². The van der Waals surface area contributed by atoms with Crippen molar-refractivity contribution in [1.29, 1.82) is 0 Å². The fourth-order valence-electron chi connectivity index (χ4n) is 2.18. The van der Waals surface area contributed by atoms with Gasteiger partial charge in [0.15, 0.2) is 0 Å². The van der Waals surface area contributed by atoms with Crippen LogP contribution >= 0.6 is 0 Å². The van der Waals surface area contributed by atoms with Gasteiger partial charge in [0.2, 0.25) is 0 Å². The lowest BCUT2D eigenvalue weighted by atomic mass is 10.1. The first kappa shape index (κ1) is 13.1. The minimum Gasteiger partial charge on any atom is -0.393 e. The van der Waals surface area contributed by atoms with Crippen molar-refractivity contribution in [1.82, 2.24) is 4.90 Å². The Morgan fingerprint density at radius 3 is 2.50 bits per heavy atom. The summed E-state index contributed by atoms with van der Waals surface area (Å²) in [6, 6.07) is 8.31. The maximum absolute atomic E-state index is 9.46. The van der Waals surface area contributed by atoms with Crippen LogP contribution in [0.4, 0.5) is 0 Å². The molecule has 3 N–H and O–H groups in total. The second kappa shape index (κ2) is 6.55. The Kier molecular flexibility index (Phi) is 4.77. The van der Waals surface area contributed by atoms with E-state index in [-0.39, 0.29) is 6.10 Å². The molecule has 1 aliphatic rings. The molecule has 0 amide bonds. The Labute approximate surface area is 109 Å². The number of aliphatic hydroxyl groups is 1. The monoisotopic (exact) mass is 244 g/mol. The van der Waals surface area contributed by atoms with Crippen LogP contribution in [0.5, 0.6) is 0 Å². The number of piperidine rings is 1. The molecule has 0 unspecified atom stereocenters. The van der Waals surface area contributed by atoms with E-state index in [1.807, 2.05) is 12.1 Å². The summed E-state index contributed by atoms with van der Waals surface area (Å²) >= 11 is 0. The minimum atomic E-state index is -0.102. The average Bonchev–Trinajstić information content (AvgIpc) is 2.41. The van der Waals surface area contributed by atoms with Crippen LogP contribution in [0.2, 0.25) is 0 Å². The molecule has 1 aromatic rings. The van der Waals surface area contributed by atoms with Gasteiger partial charge in [-0.1, -0.05) is 24.0 Å². The van der Waals surface area contributed by atoms with Gasteiger partial charge in [0.25, 0.3) is 0 Å². The number of likely N-dealkylation sites (tertiary alicyclic amines) is 1. The quantitative estimate of drug-likeness (QED) is 0.762. The van der Waals surface area contributed by atoms with Gasteiger partial charge in [-0.15, -0.1) is 0 Å². The van der Waals surface area contributed by atoms with Gasteiger partial charge >= 0.3 is 0 Å². The third-order valence-corrected chi connectivity index (χ3v) is 3.25. The molecule has 3 nitrogen and oxygen atoms in total. The van der Waals surface area contributed by atoms with Crippen LogP contribution in [0.1, 0.15) is 24.0 Å². The molecule has 2 rings (SSSR count). The first-order chi connectivity index (χ1) is 8.78. The van der Waals surface area contributed by atoms with Gasteiger partial charge in [0.1, 0.15) is 0 Å². The van der Waals surface area contributed by atoms with Gasteiger partial charge in [-0.05, 0) is 30.5 Å². The van der Waals surface area contributed by atoms with E-state index in [0.717, 1.165) is 38.0 Å². The summed E-state index contributed by atoms with van der Waals surface area (Å²) in [5, 5.41) is 9.46. The number of aliphatic hydroxyl groups excluding tert-OH is 1. The van der Waals surface area contributed by atoms with E-state index in [1.165, 1.54) is 5.56 Å². The first-order valence-electron chi connectivity index (χ1n) is 6.46. The van der Waals surface area contributed by atoms with Gasteiger partial charge < -0.3 is 10.8 Å². The molecule has 0 bridgehead atoms. The summed E-state index contributed by atoms with van der Waals surface area (Å²) in [5.74, 6) is 5.87. The van der Waals surface area contributed by atoms with Crippen LogP contribution in [0, 0.1) is 11.8 Å². The molecule has 1 aromatic carbocycles. The molecule has 1 fully saturated rings. The van der Waals surface area contributed by atoms with Crippen molar-refractivity contribution in [2.24, 2.45) is 5.73 Å². The number of hydrogen-bond acceptors (Lipinski definition) is 3. The molecule has 0 atom stereocenters. The van der Waals surface area contributed by atoms with Crippen molar-refractivity contribution in [2.75, 3.05) is 19.6 Å². The topological polar surface area (TPSA) is 49.5 Å². The smallest absolute Gasteiger partial charge is 0.0564 e. The third-order valence-electron chi connectivity index (χ3n) is 3.25. The van der Waals surface area contributed by atoms with Gasteiger partial charge in [-0.3, -0.25) is 4.90 Å². The molecular weight excluding hydrogens is 224 g/mol. The molecule has 1 heterocycles. The Balaban J connectivity index is 1.90. The van der Waals surface area contributed by atoms with E-state index in [4.69, 9.17) is 5.73 Å². The van der Waals surface area contributed by atoms with E-state index >= 15 is 0 Å². The Hall–Kier alpha value is -1.34. The van der Waals surface area contributed by atoms with Crippen molar-refractivity contribution in [3.63, 3.8) is 0 Å². The summed E-state index contributed by atoms with van der Waals surface area (Å²) in [6.07, 6.45) is 1.68. The zero-order valence-electron chi connectivity index (χ0n) is 10.6. The summed E-state index contributed by atoms with van der Waals surface area (Å²) in [4.78, 5) is 2.38. The van der Waals surface area contributed by atoms with Gasteiger partial charge in [0.05, 0.1) is 12.6 Å². The molecule has 1 saturated heterocycles. The molecule has 3 heteroatoms. The number of nitrogens with zero attached hydrogens (tertiary/aromatic N) is 1. The maximum Gasteiger partial charge on any atom is 0.0564 e. The summed E-state index contributed by atoms with van der Waals surface area (Å²) in [6.45, 7) is 3.32. The molecule has 0 spiro atoms. The maximum atomic E-state index is 9.46. The molecule has 0 aliphatic carbocycles. The number of nitrogens with two attached hydrogens (primary N) is 1. The minimum absolute atomic E-state index is 0.102. The normalized spacial score (nSPS) is 17.2. The van der Waals surface area contributed by atoms with Crippen LogP contribution in [0.25, 0.3) is 0 Å². The van der Waals surface area contributed by atoms with E-state index in [1.54, 1.807) is 0 Å². The lowest BCUT2D eigenvalue weighted by Crippen LogP contribution is -2.35. The van der Waals surface area contributed by atoms with Crippen LogP contribution in [-0.4, -0.2) is 35.7 Å². The Morgan fingerprint density at radius 1 is 1.22 bits per heavy atom. The van der Waals surface area contributed by atoms with Crippen LogP contribution in [-0.2, 0) is 6.54 Å². The van der Waals surface area contributed by atoms with E-state index in [9.17, 15) is 5.11 Å². The highest BCUT2D eigenvalue weighted by molar-refractivity contribution is 5.36. The lowest BCUT2D eigenvalue weighted by Gasteiger charge is -2.29. The number of rotatable bonds is 2. The Morgan fingerprint density at radius 2 is 1.89 bits per heavy atom. The second-order valence-corrected chi connectivity index (χ2v) is 4.71. The number of hydrogen-bond donors (Lipinski definition) is 2. The van der Waals surface area contributed by atoms with Gasteiger partial charge in [0, 0.05) is 25.2 Å². The highest BCUT2D eigenvalue weighted by atomic mass is 16.3. The summed E-state index contributed by atoms with van der Waals surface area (Å²) in [5.41, 5.74) is 7.65. The van der Waals surface area contributed by atoms with E-state index in [2.05, 4.69) is 28.9 Å². The van der Waals surface area contributed by atoms with Crippen LogP contribution < -0.4 is 5.73 Å². The summed E-state index contributed by atoms with van der Waals surface area (Å²) in [7, 11) is 0. The third kappa shape index (κ3) is 3.85. The zero-order valence-corrected chi connectivity index (χ0v) is 10.6. The number of benzene rings is 1. The van der Waals surface area contributed by atoms with Crippen LogP contribution in [0.15, 0.2) is 24.3 Å². The lowest BCUT2D eigenvalue weighted by molar-refractivity contribution is 0.0792. The van der Waals surface area contributed by atoms with E-state index < -0.39 is 0 Å². The molecule has 96 valence electrons. The predicted molar refractivity (Wildman–Crippen MR) is 72.9 cm³/mol. The Bertz CT molecular complexity index is 422. The SMILES string of the molecule is NCC#Cc1ccc(CN2CCC(O)CC2)cc1. The fraction of sp³-hybridized carbons (Fsp3) is 0.467. The van der Waals surface area contributed by atoms with Crippen molar-refractivity contribution in [3.05, 3.63) is 35.4 Å². The standard InChI is InChI=1S/C15H20N2O/c16-9-1-2-13-3-5-14(6-4-13)12-17-10-7-15(18)8-11-17/h3-6,15,18H,7-12,16H2. The zero-order chi connectivity index (χ0) is 12.8. The molecule has 0 radical (unpaired) electrons. The van der Waals surface area contributed by atoms with Crippen molar-refractivity contribution in [2.45, 2.75) is 25.5 Å². The molecule has 1 aliphatic heterocycles. The molecule has 18 heavy (non-hydrogen) atoms. The van der Waals surface area contributed by atoms with Crippen molar-refractivity contribution < 1.29 is 5.11 Å².